The predicted octanol–water partition coefficient (Wildman–Crippen LogP) is -5.30. The number of aliphatic carboxylic acids is 4. The third kappa shape index (κ3) is 17.1. The fourth-order valence-electron chi connectivity index (χ4n) is 0.534. The second-order valence-electron chi connectivity index (χ2n) is 3.04. The van der Waals surface area contributed by atoms with Gasteiger partial charge < -0.3 is 41.5 Å². The molecule has 0 aromatic rings. The third-order valence-corrected chi connectivity index (χ3v) is 1.41. The van der Waals surface area contributed by atoms with Crippen LogP contribution in [0.3, 0.4) is 0 Å². The van der Waals surface area contributed by atoms with Crippen LogP contribution in [0.1, 0.15) is 12.8 Å². The van der Waals surface area contributed by atoms with Gasteiger partial charge >= 0.3 is 49.7 Å². The minimum Gasteiger partial charge on any atom is -0.550 e. The van der Waals surface area contributed by atoms with Crippen LogP contribution in [0.4, 0.5) is 0 Å². The molecule has 104 valence electrons. The monoisotopic (exact) mass is 304 g/mol. The fourth-order valence-corrected chi connectivity index (χ4v) is 0.534. The van der Waals surface area contributed by atoms with Gasteiger partial charge in [-0.05, 0) is 0 Å². The molecule has 6 N–H and O–H groups in total. The maximum Gasteiger partial charge on any atom is 2.00 e. The van der Waals surface area contributed by atoms with Crippen molar-refractivity contribution < 1.29 is 39.6 Å². The van der Waals surface area contributed by atoms with E-state index in [1.165, 1.54) is 0 Å². The van der Waals surface area contributed by atoms with Gasteiger partial charge in [0.2, 0.25) is 0 Å². The van der Waals surface area contributed by atoms with Gasteiger partial charge in [0.1, 0.15) is 12.1 Å². The van der Waals surface area contributed by atoms with Crippen LogP contribution in [0.25, 0.3) is 0 Å². The van der Waals surface area contributed by atoms with Gasteiger partial charge in [0, 0.05) is 24.8 Å². The van der Waals surface area contributed by atoms with Gasteiger partial charge in [0.25, 0.3) is 0 Å². The van der Waals surface area contributed by atoms with Gasteiger partial charge in [-0.15, -0.1) is 0 Å². The van der Waals surface area contributed by atoms with Crippen LogP contribution in [0.5, 0.6) is 0 Å². The molecule has 0 amide bonds. The van der Waals surface area contributed by atoms with Gasteiger partial charge in [-0.1, -0.05) is 0 Å². The number of hydrogen-bond donors (Lipinski definition) is 4. The Morgan fingerprint density at radius 1 is 0.842 bits per heavy atom. The molecule has 0 saturated heterocycles. The van der Waals surface area contributed by atoms with E-state index in [-0.39, 0.29) is 37.7 Å². The van der Waals surface area contributed by atoms with Gasteiger partial charge in [0.15, 0.2) is 0 Å². The summed E-state index contributed by atoms with van der Waals surface area (Å²) in [6, 6.07) is -2.70. The van der Waals surface area contributed by atoms with Crippen LogP contribution < -0.4 is 21.7 Å². The minimum absolute atomic E-state index is 0. The average molecular weight is 304 g/mol. The van der Waals surface area contributed by atoms with E-state index in [9.17, 15) is 29.4 Å². The molecule has 11 heteroatoms. The summed E-state index contributed by atoms with van der Waals surface area (Å²) in [6.45, 7) is 0. The van der Waals surface area contributed by atoms with Gasteiger partial charge in [0.05, 0.1) is 0 Å². The minimum atomic E-state index is -1.45. The van der Waals surface area contributed by atoms with Crippen LogP contribution in [0.2, 0.25) is 0 Å². The summed E-state index contributed by atoms with van der Waals surface area (Å²) >= 11 is 0. The molecule has 19 heavy (non-hydrogen) atoms. The van der Waals surface area contributed by atoms with Crippen LogP contribution in [-0.4, -0.2) is 83.9 Å². The Morgan fingerprint density at radius 2 is 1.05 bits per heavy atom. The second-order valence-corrected chi connectivity index (χ2v) is 3.04. The van der Waals surface area contributed by atoms with E-state index < -0.39 is 48.8 Å². The zero-order valence-corrected chi connectivity index (χ0v) is 12.0. The third-order valence-electron chi connectivity index (χ3n) is 1.41. The van der Waals surface area contributed by atoms with Crippen molar-refractivity contribution >= 4 is 61.6 Å². The molecule has 0 spiro atoms. The largest absolute Gasteiger partial charge is 2.00 e. The number of hydrogen-bond acceptors (Lipinski definition) is 8. The molecule has 0 aromatic heterocycles. The Hall–Kier alpha value is -0.940. The van der Waals surface area contributed by atoms with E-state index in [4.69, 9.17) is 21.7 Å². The number of rotatable bonds is 6. The van der Waals surface area contributed by atoms with Crippen LogP contribution in [-0.2, 0) is 19.2 Å². The Balaban J connectivity index is -0.000000256. The predicted molar refractivity (Wildman–Crippen MR) is 56.2 cm³/mol. The molecule has 0 aliphatic rings. The van der Waals surface area contributed by atoms with Gasteiger partial charge in [-0.2, -0.15) is 0 Å². The summed E-state index contributed by atoms with van der Waals surface area (Å²) in [4.78, 5) is 39.0. The summed E-state index contributed by atoms with van der Waals surface area (Å²) in [5, 5.41) is 35.3. The maximum atomic E-state index is 9.82. The number of carboxylic acid groups (broad SMARTS) is 4. The summed E-state index contributed by atoms with van der Waals surface area (Å²) < 4.78 is 0. The van der Waals surface area contributed by atoms with E-state index in [2.05, 4.69) is 0 Å². The summed E-state index contributed by atoms with van der Waals surface area (Å²) in [5.41, 5.74) is 9.59. The number of carbonyl (C=O) groups is 4. The fraction of sp³-hybridized carbons (Fsp3) is 0.500. The molecule has 0 saturated carbocycles. The van der Waals surface area contributed by atoms with Crippen molar-refractivity contribution in [1.29, 1.82) is 0 Å². The second kappa shape index (κ2) is 12.1. The van der Waals surface area contributed by atoms with Crippen molar-refractivity contribution in [3.05, 3.63) is 0 Å². The average Bonchev–Trinajstić information content (AvgIpc) is 2.16. The molecule has 0 aliphatic carbocycles. The molecule has 0 radical (unpaired) electrons. The summed E-state index contributed by atoms with van der Waals surface area (Å²) in [7, 11) is 0. The molecular weight excluding hydrogens is 292 g/mol. The van der Waals surface area contributed by atoms with Gasteiger partial charge in [-0.25, -0.2) is 0 Å². The van der Waals surface area contributed by atoms with E-state index in [1.807, 2.05) is 0 Å². The van der Waals surface area contributed by atoms with Crippen molar-refractivity contribution in [3.63, 3.8) is 0 Å². The first-order valence-corrected chi connectivity index (χ1v) is 4.44. The van der Waals surface area contributed by atoms with Gasteiger partial charge in [-0.3, -0.25) is 9.59 Å². The molecular formula is C8H12CaN2O8. The normalized spacial score (nSPS) is 11.9. The topological polar surface area (TPSA) is 207 Å². The number of carboxylic acids is 4. The van der Waals surface area contributed by atoms with E-state index in [0.717, 1.165) is 0 Å². The molecule has 0 aromatic carbocycles. The molecule has 0 fully saturated rings. The molecule has 0 unspecified atom stereocenters. The first kappa shape index (κ1) is 23.2. The molecule has 10 nitrogen and oxygen atoms in total. The Kier molecular flexibility index (Phi) is 14.8. The molecule has 0 aliphatic heterocycles. The Bertz CT molecular complexity index is 303. The maximum absolute atomic E-state index is 9.82. The van der Waals surface area contributed by atoms with E-state index >= 15 is 0 Å². The zero-order chi connectivity index (χ0) is 14.9. The zero-order valence-electron chi connectivity index (χ0n) is 9.77. The van der Waals surface area contributed by atoms with Crippen molar-refractivity contribution in [2.24, 2.45) is 11.5 Å². The van der Waals surface area contributed by atoms with Crippen molar-refractivity contribution in [3.8, 4) is 0 Å². The SMILES string of the molecule is N[C@H](CC(=O)[O-])C(=O)O.N[C@H](CC(=O)[O-])C(=O)O.[Ca+2]. The van der Waals surface area contributed by atoms with Crippen molar-refractivity contribution in [2.45, 2.75) is 24.9 Å². The Morgan fingerprint density at radius 3 is 1.11 bits per heavy atom. The number of carbonyl (C=O) groups excluding carboxylic acids is 2. The molecule has 0 heterocycles. The first-order valence-electron chi connectivity index (χ1n) is 4.44. The summed E-state index contributed by atoms with van der Waals surface area (Å²) in [6.07, 6.45) is -1.29. The standard InChI is InChI=1S/2C4H7NO4.Ca/c2*5-2(4(8)9)1-3(6)7;/h2*2H,1,5H2,(H,6,7)(H,8,9);/q;;+2/p-2/t2*2-;/m11./s1. The van der Waals surface area contributed by atoms with Crippen LogP contribution in [0, 0.1) is 0 Å². The molecule has 0 bridgehead atoms. The van der Waals surface area contributed by atoms with Crippen LogP contribution in [0.15, 0.2) is 0 Å². The van der Waals surface area contributed by atoms with E-state index in [1.54, 1.807) is 0 Å². The smallest absolute Gasteiger partial charge is 0.550 e. The van der Waals surface area contributed by atoms with Crippen LogP contribution >= 0.6 is 0 Å². The quantitative estimate of drug-likeness (QED) is 0.342. The molecule has 2 atom stereocenters. The Labute approximate surface area is 137 Å². The van der Waals surface area contributed by atoms with E-state index in [0.29, 0.717) is 0 Å². The molecule has 0 rings (SSSR count). The van der Waals surface area contributed by atoms with Crippen molar-refractivity contribution in [2.75, 3.05) is 0 Å². The van der Waals surface area contributed by atoms with Crippen molar-refractivity contribution in [1.82, 2.24) is 0 Å². The summed E-state index contributed by atoms with van der Waals surface area (Å²) in [5.74, 6) is -5.58. The number of nitrogens with two attached hydrogens (primary N) is 2. The first-order chi connectivity index (χ1) is 8.07.